The molecule has 0 saturated carbocycles. The summed E-state index contributed by atoms with van der Waals surface area (Å²) in [6.45, 7) is 13.5. The van der Waals surface area contributed by atoms with Gasteiger partial charge in [-0.25, -0.2) is 0 Å². The van der Waals surface area contributed by atoms with E-state index in [-0.39, 0.29) is 38.1 Å². The monoisotopic (exact) mass is 888 g/mol. The van der Waals surface area contributed by atoms with Crippen LogP contribution in [0.1, 0.15) is 25.7 Å². The number of hydrogen-bond donors (Lipinski definition) is 0. The standard InChI is InChI=1S/C18H15Si.C12H11P.C8H12.3CO.Fe.Pt/c1-4-10-16(11-5-1)19(17-12-6-2-7-13-17)18-14-8-3-9-15-18;1-3-7-11(8-4-1)13-12-9-5-2-6-10-12;1-2-4-6-8-7-5-3-1;3*1-2;;/h1-15H;1-10,13H;1-2,7-8H,3-6H2;;;;;/b;;2-1-,8-7-;;;;;. The van der Waals surface area contributed by atoms with Crippen molar-refractivity contribution < 1.29 is 52.1 Å². The summed E-state index contributed by atoms with van der Waals surface area (Å²) in [6.07, 6.45) is 14.0. The third-order valence-corrected chi connectivity index (χ3v) is 10.3. The Hall–Kier alpha value is -3.35. The Morgan fingerprint density at radius 2 is 0.583 bits per heavy atom. The van der Waals surface area contributed by atoms with E-state index in [1.165, 1.54) is 51.9 Å². The molecule has 0 atom stereocenters. The second-order valence-corrected chi connectivity index (χ2v) is 13.3. The molecular formula is C41H38FeO3PPtSi. The van der Waals surface area contributed by atoms with Gasteiger partial charge in [-0.05, 0) is 36.3 Å². The van der Waals surface area contributed by atoms with Gasteiger partial charge in [0, 0.05) is 38.1 Å². The van der Waals surface area contributed by atoms with Crippen molar-refractivity contribution in [3.63, 3.8) is 0 Å². The van der Waals surface area contributed by atoms with Gasteiger partial charge < -0.3 is 0 Å². The maximum absolute atomic E-state index is 7.50. The van der Waals surface area contributed by atoms with E-state index in [9.17, 15) is 0 Å². The Balaban J connectivity index is 0. The van der Waals surface area contributed by atoms with Crippen LogP contribution in [-0.2, 0) is 52.1 Å². The summed E-state index contributed by atoms with van der Waals surface area (Å²) in [5.74, 6) is 0. The molecule has 0 aromatic heterocycles. The first-order chi connectivity index (χ1) is 22.9. The van der Waals surface area contributed by atoms with Crippen LogP contribution in [0.3, 0.4) is 0 Å². The molecule has 0 aliphatic heterocycles. The van der Waals surface area contributed by atoms with Gasteiger partial charge in [-0.1, -0.05) is 200 Å². The minimum Gasteiger partial charge on any atom is -0.0624 e. The molecule has 5 aromatic carbocycles. The largest absolute Gasteiger partial charge is 0.154 e. The van der Waals surface area contributed by atoms with Gasteiger partial charge in [0.25, 0.3) is 0 Å². The van der Waals surface area contributed by atoms with E-state index < -0.39 is 8.80 Å². The summed E-state index contributed by atoms with van der Waals surface area (Å²) >= 11 is 0. The summed E-state index contributed by atoms with van der Waals surface area (Å²) in [6, 6.07) is 53.6. The van der Waals surface area contributed by atoms with Crippen LogP contribution in [-0.4, -0.2) is 8.80 Å². The molecule has 1 aliphatic rings. The first-order valence-corrected chi connectivity index (χ1v) is 17.2. The average Bonchev–Trinajstić information content (AvgIpc) is 3.14. The van der Waals surface area contributed by atoms with Crippen LogP contribution in [0.2, 0.25) is 0 Å². The zero-order valence-corrected chi connectivity index (χ0v) is 31.8. The van der Waals surface area contributed by atoms with Crippen LogP contribution in [0, 0.1) is 20.0 Å². The van der Waals surface area contributed by atoms with Crippen LogP contribution in [0.15, 0.2) is 176 Å². The molecule has 7 heteroatoms. The normalized spacial score (nSPS) is 11.6. The van der Waals surface area contributed by atoms with Crippen molar-refractivity contribution >= 4 is 43.5 Å². The Morgan fingerprint density at radius 3 is 0.812 bits per heavy atom. The van der Waals surface area contributed by atoms with Crippen LogP contribution >= 0.6 is 8.58 Å². The van der Waals surface area contributed by atoms with Crippen molar-refractivity contribution in [1.29, 1.82) is 0 Å². The molecule has 0 spiro atoms. The number of hydrogen-bond acceptors (Lipinski definition) is 0. The van der Waals surface area contributed by atoms with Crippen molar-refractivity contribution in [2.45, 2.75) is 25.7 Å². The fourth-order valence-electron chi connectivity index (χ4n) is 4.38. The second kappa shape index (κ2) is 33.6. The smallest absolute Gasteiger partial charge is 0.0624 e. The van der Waals surface area contributed by atoms with Crippen molar-refractivity contribution in [2.75, 3.05) is 0 Å². The van der Waals surface area contributed by atoms with E-state index in [0.29, 0.717) is 0 Å². The van der Waals surface area contributed by atoms with E-state index in [4.69, 9.17) is 14.0 Å². The maximum atomic E-state index is 7.50. The Bertz CT molecular complexity index is 1380. The molecule has 1 radical (unpaired) electrons. The molecule has 3 nitrogen and oxygen atoms in total. The molecule has 6 rings (SSSR count). The van der Waals surface area contributed by atoms with E-state index >= 15 is 0 Å². The van der Waals surface area contributed by atoms with Crippen molar-refractivity contribution in [2.24, 2.45) is 0 Å². The zero-order valence-electron chi connectivity index (χ0n) is 26.5. The molecule has 0 fully saturated rings. The van der Waals surface area contributed by atoms with Crippen LogP contribution in [0.5, 0.6) is 0 Å². The van der Waals surface area contributed by atoms with Gasteiger partial charge in [-0.2, -0.15) is 0 Å². The predicted molar refractivity (Wildman–Crippen MR) is 193 cm³/mol. The van der Waals surface area contributed by atoms with Crippen molar-refractivity contribution in [3.05, 3.63) is 196 Å². The molecule has 0 unspecified atom stereocenters. The molecule has 0 bridgehead atoms. The minimum absolute atomic E-state index is 0. The number of benzene rings is 5. The molecule has 48 heavy (non-hydrogen) atoms. The zero-order chi connectivity index (χ0) is 33.5. The van der Waals surface area contributed by atoms with Gasteiger partial charge in [-0.15, -0.1) is 0 Å². The molecule has 0 N–H and O–H groups in total. The fraction of sp³-hybridized carbons (Fsp3) is 0.0976. The first kappa shape index (κ1) is 46.8. The van der Waals surface area contributed by atoms with Crippen LogP contribution in [0.4, 0.5) is 0 Å². The molecular weight excluding hydrogens is 850 g/mol. The van der Waals surface area contributed by atoms with E-state index in [0.717, 1.165) is 8.58 Å². The molecule has 247 valence electrons. The quantitative estimate of drug-likeness (QED) is 0.0453. The molecule has 0 saturated heterocycles. The summed E-state index contributed by atoms with van der Waals surface area (Å²) < 4.78 is 22.5. The Morgan fingerprint density at radius 1 is 0.375 bits per heavy atom. The molecule has 0 heterocycles. The van der Waals surface area contributed by atoms with Gasteiger partial charge in [-0.3, -0.25) is 0 Å². The third kappa shape index (κ3) is 20.1. The van der Waals surface area contributed by atoms with Gasteiger partial charge in [0.1, 0.15) is 0 Å². The van der Waals surface area contributed by atoms with Gasteiger partial charge in [0.2, 0.25) is 0 Å². The first-order valence-electron chi connectivity index (χ1n) is 14.7. The minimum atomic E-state index is -0.877. The summed E-state index contributed by atoms with van der Waals surface area (Å²) in [5, 5.41) is 7.10. The molecule has 1 aliphatic carbocycles. The second-order valence-electron chi connectivity index (χ2n) is 9.43. The number of allylic oxidation sites excluding steroid dienone is 4. The molecule has 0 amide bonds. The van der Waals surface area contributed by atoms with E-state index in [1.54, 1.807) is 0 Å². The third-order valence-electron chi connectivity index (χ3n) is 6.36. The van der Waals surface area contributed by atoms with Gasteiger partial charge >= 0.3 is 33.9 Å². The maximum Gasteiger partial charge on any atom is 0.154 e. The fourth-order valence-corrected chi connectivity index (χ4v) is 8.01. The van der Waals surface area contributed by atoms with E-state index in [1.807, 2.05) is 0 Å². The van der Waals surface area contributed by atoms with Gasteiger partial charge in [0.15, 0.2) is 8.80 Å². The van der Waals surface area contributed by atoms with E-state index in [2.05, 4.69) is 196 Å². The Labute approximate surface area is 315 Å². The van der Waals surface area contributed by atoms with Crippen molar-refractivity contribution in [1.82, 2.24) is 0 Å². The molecule has 5 aromatic rings. The van der Waals surface area contributed by atoms with Crippen molar-refractivity contribution in [3.8, 4) is 0 Å². The summed E-state index contributed by atoms with van der Waals surface area (Å²) in [7, 11) is -0.101. The van der Waals surface area contributed by atoms with Crippen LogP contribution < -0.4 is 26.2 Å². The topological polar surface area (TPSA) is 59.7 Å². The summed E-state index contributed by atoms with van der Waals surface area (Å²) in [4.78, 5) is 0. The number of rotatable bonds is 5. The van der Waals surface area contributed by atoms with Gasteiger partial charge in [0.05, 0.1) is 0 Å². The predicted octanol–water partition coefficient (Wildman–Crippen LogP) is 7.07. The SMILES string of the molecule is C1=C\CC/C=C\CC/1.[C-]#[O+].[C-]#[O+].[C-]#[O+].[Fe].[Pt].c1ccc(Pc2ccccc2)cc1.c1ccc([Si](c2ccccc2)c2ccccc2)cc1. The summed E-state index contributed by atoms with van der Waals surface area (Å²) in [5.41, 5.74) is 0. The van der Waals surface area contributed by atoms with Crippen LogP contribution in [0.25, 0.3) is 0 Å². The Kier molecular flexibility index (Phi) is 32.7. The average molecular weight is 889 g/mol.